The third kappa shape index (κ3) is 6.39. The van der Waals surface area contributed by atoms with Crippen LogP contribution in [0.5, 0.6) is 0 Å². The van der Waals surface area contributed by atoms with Crippen molar-refractivity contribution in [3.8, 4) is 0 Å². The number of thiazole rings is 1. The Labute approximate surface area is 197 Å². The highest BCUT2D eigenvalue weighted by Gasteiger charge is 2.22. The molecule has 3 rings (SSSR count). The van der Waals surface area contributed by atoms with Gasteiger partial charge in [0, 0.05) is 44.7 Å². The Kier molecular flexibility index (Phi) is 9.03. The third-order valence-corrected chi connectivity index (χ3v) is 5.44. The number of halogens is 1. The lowest BCUT2D eigenvalue weighted by Gasteiger charge is -2.26. The van der Waals surface area contributed by atoms with E-state index in [-0.39, 0.29) is 42.3 Å². The molecule has 0 saturated carbocycles. The van der Waals surface area contributed by atoms with Crippen molar-refractivity contribution in [2.75, 3.05) is 33.7 Å². The minimum absolute atomic E-state index is 0. The number of hydrogen-bond acceptors (Lipinski definition) is 5. The van der Waals surface area contributed by atoms with Crippen LogP contribution in [0.1, 0.15) is 26.6 Å². The normalized spacial score (nSPS) is 14.0. The number of nitrogens with one attached hydrogen (secondary N) is 2. The number of carbonyl (C=O) groups is 2. The molecule has 2 N–H and O–H groups in total. The molecule has 2 amide bonds. The van der Waals surface area contributed by atoms with Gasteiger partial charge in [-0.05, 0) is 24.6 Å². The minimum Gasteiger partial charge on any atom is -0.353 e. The van der Waals surface area contributed by atoms with E-state index in [1.807, 2.05) is 31.0 Å². The molecule has 1 aliphatic rings. The third-order valence-electron chi connectivity index (χ3n) is 4.62. The number of benzene rings is 1. The van der Waals surface area contributed by atoms with Crippen molar-refractivity contribution in [1.29, 1.82) is 0 Å². The second-order valence-corrected chi connectivity index (χ2v) is 7.95. The average molecular weight is 542 g/mol. The Balaban J connectivity index is 0.00000320. The summed E-state index contributed by atoms with van der Waals surface area (Å²) in [6, 6.07) is 7.44. The Hall–Kier alpha value is -2.21. The summed E-state index contributed by atoms with van der Waals surface area (Å²) in [5.74, 6) is 0.539. The molecule has 1 saturated heterocycles. The van der Waals surface area contributed by atoms with E-state index in [1.54, 1.807) is 35.4 Å². The van der Waals surface area contributed by atoms with E-state index in [2.05, 4.69) is 26.0 Å². The number of amides is 2. The number of aliphatic imine (C=N–C) groups is 1. The number of aryl methyl sites for hydroxylation is 1. The van der Waals surface area contributed by atoms with Gasteiger partial charge in [0.25, 0.3) is 5.91 Å². The minimum atomic E-state index is -0.117. The molecule has 8 nitrogen and oxygen atoms in total. The van der Waals surface area contributed by atoms with Gasteiger partial charge in [-0.1, -0.05) is 12.1 Å². The van der Waals surface area contributed by atoms with Gasteiger partial charge in [-0.3, -0.25) is 14.6 Å². The molecule has 2 aromatic rings. The van der Waals surface area contributed by atoms with Crippen molar-refractivity contribution in [2.45, 2.75) is 20.0 Å². The molecule has 2 heterocycles. The summed E-state index contributed by atoms with van der Waals surface area (Å²) >= 11 is 1.64. The van der Waals surface area contributed by atoms with E-state index >= 15 is 0 Å². The summed E-state index contributed by atoms with van der Waals surface area (Å²) in [5, 5.41) is 9.17. The molecule has 0 radical (unpaired) electrons. The molecule has 0 bridgehead atoms. The molecule has 30 heavy (non-hydrogen) atoms. The van der Waals surface area contributed by atoms with Gasteiger partial charge in [-0.25, -0.2) is 4.98 Å². The fourth-order valence-corrected chi connectivity index (χ4v) is 3.73. The first kappa shape index (κ1) is 24.1. The van der Waals surface area contributed by atoms with Crippen molar-refractivity contribution in [3.05, 3.63) is 51.5 Å². The van der Waals surface area contributed by atoms with Gasteiger partial charge in [-0.15, -0.1) is 35.3 Å². The molecule has 1 aromatic heterocycles. The van der Waals surface area contributed by atoms with Crippen molar-refractivity contribution < 1.29 is 9.59 Å². The number of rotatable bonds is 5. The quantitative estimate of drug-likeness (QED) is 0.342. The van der Waals surface area contributed by atoms with Gasteiger partial charge in [0.05, 0.1) is 23.8 Å². The van der Waals surface area contributed by atoms with Crippen molar-refractivity contribution in [3.63, 3.8) is 0 Å². The van der Waals surface area contributed by atoms with Gasteiger partial charge >= 0.3 is 0 Å². The molecule has 0 unspecified atom stereocenters. The predicted molar refractivity (Wildman–Crippen MR) is 129 cm³/mol. The first-order valence-corrected chi connectivity index (χ1v) is 10.3. The summed E-state index contributed by atoms with van der Waals surface area (Å²) in [4.78, 5) is 36.4. The van der Waals surface area contributed by atoms with Crippen LogP contribution in [0.15, 0.2) is 34.6 Å². The Morgan fingerprint density at radius 3 is 2.70 bits per heavy atom. The van der Waals surface area contributed by atoms with Gasteiger partial charge in [0.15, 0.2) is 5.96 Å². The lowest BCUT2D eigenvalue weighted by molar-refractivity contribution is -0.123. The van der Waals surface area contributed by atoms with Crippen LogP contribution < -0.4 is 10.6 Å². The first-order chi connectivity index (χ1) is 14.0. The Morgan fingerprint density at radius 1 is 1.37 bits per heavy atom. The monoisotopic (exact) mass is 542 g/mol. The number of aromatic nitrogens is 1. The Morgan fingerprint density at radius 2 is 2.10 bits per heavy atom. The number of guanidine groups is 1. The molecular formula is C20H27IN6O2S. The summed E-state index contributed by atoms with van der Waals surface area (Å²) < 4.78 is 0. The van der Waals surface area contributed by atoms with Gasteiger partial charge in [0.2, 0.25) is 5.91 Å². The van der Waals surface area contributed by atoms with E-state index in [0.29, 0.717) is 31.7 Å². The largest absolute Gasteiger partial charge is 0.353 e. The molecule has 0 atom stereocenters. The van der Waals surface area contributed by atoms with E-state index < -0.39 is 0 Å². The molecule has 0 spiro atoms. The average Bonchev–Trinajstić information content (AvgIpc) is 3.13. The van der Waals surface area contributed by atoms with Gasteiger partial charge < -0.3 is 20.4 Å². The summed E-state index contributed by atoms with van der Waals surface area (Å²) in [5.41, 5.74) is 2.65. The maximum Gasteiger partial charge on any atom is 0.254 e. The van der Waals surface area contributed by atoms with Crippen LogP contribution in [0.2, 0.25) is 0 Å². The number of piperazine rings is 1. The fourth-order valence-electron chi connectivity index (χ4n) is 3.12. The molecule has 0 aliphatic carbocycles. The van der Waals surface area contributed by atoms with Crippen LogP contribution >= 0.6 is 35.3 Å². The zero-order chi connectivity index (χ0) is 20.8. The summed E-state index contributed by atoms with van der Waals surface area (Å²) in [7, 11) is 3.72. The fraction of sp³-hybridized carbons (Fsp3) is 0.400. The zero-order valence-corrected chi connectivity index (χ0v) is 20.5. The van der Waals surface area contributed by atoms with Crippen LogP contribution in [0.25, 0.3) is 0 Å². The van der Waals surface area contributed by atoms with Crippen molar-refractivity contribution >= 4 is 53.1 Å². The van der Waals surface area contributed by atoms with Crippen LogP contribution in [0, 0.1) is 6.92 Å². The van der Waals surface area contributed by atoms with Crippen molar-refractivity contribution in [1.82, 2.24) is 25.4 Å². The molecule has 1 fully saturated rings. The SMILES string of the molecule is CN=C(NCc1ccc(C(=O)N2CCNC(=O)C2)cc1)N(C)Cc1csc(C)n1.I. The number of nitrogens with zero attached hydrogens (tertiary/aromatic N) is 4. The lowest BCUT2D eigenvalue weighted by Crippen LogP contribution is -2.49. The molecule has 1 aliphatic heterocycles. The van der Waals surface area contributed by atoms with Gasteiger partial charge in [-0.2, -0.15) is 0 Å². The smallest absolute Gasteiger partial charge is 0.254 e. The van der Waals surface area contributed by atoms with Gasteiger partial charge in [0.1, 0.15) is 0 Å². The molecule has 162 valence electrons. The van der Waals surface area contributed by atoms with Crippen LogP contribution in [-0.2, 0) is 17.9 Å². The predicted octanol–water partition coefficient (Wildman–Crippen LogP) is 1.85. The second-order valence-electron chi connectivity index (χ2n) is 6.89. The van der Waals surface area contributed by atoms with Crippen LogP contribution in [0.3, 0.4) is 0 Å². The van der Waals surface area contributed by atoms with Crippen molar-refractivity contribution in [2.24, 2.45) is 4.99 Å². The standard InChI is InChI=1S/C20H26N6O2S.HI/c1-14-24-17(13-29-14)11-25(3)20(21-2)23-10-15-4-6-16(7-5-15)19(28)26-9-8-22-18(27)12-26;/h4-7,13H,8-12H2,1-3H3,(H,21,23)(H,22,27);1H. The lowest BCUT2D eigenvalue weighted by atomic mass is 10.1. The van der Waals surface area contributed by atoms with Crippen LogP contribution in [-0.4, -0.2) is 66.3 Å². The van der Waals surface area contributed by atoms with E-state index in [4.69, 9.17) is 0 Å². The molecule has 1 aromatic carbocycles. The zero-order valence-electron chi connectivity index (χ0n) is 17.3. The molecular weight excluding hydrogens is 515 g/mol. The summed E-state index contributed by atoms with van der Waals surface area (Å²) in [6.45, 7) is 4.42. The highest BCUT2D eigenvalue weighted by atomic mass is 127. The number of carbonyl (C=O) groups excluding carboxylic acids is 2. The highest BCUT2D eigenvalue weighted by molar-refractivity contribution is 14.0. The summed E-state index contributed by atoms with van der Waals surface area (Å²) in [6.07, 6.45) is 0. The Bertz CT molecular complexity index is 899. The topological polar surface area (TPSA) is 89.9 Å². The highest BCUT2D eigenvalue weighted by Crippen LogP contribution is 2.11. The first-order valence-electron chi connectivity index (χ1n) is 9.44. The van der Waals surface area contributed by atoms with E-state index in [9.17, 15) is 9.59 Å². The van der Waals surface area contributed by atoms with E-state index in [0.717, 1.165) is 22.2 Å². The van der Waals surface area contributed by atoms with Crippen LogP contribution in [0.4, 0.5) is 0 Å². The second kappa shape index (κ2) is 11.3. The molecule has 10 heteroatoms. The number of hydrogen-bond donors (Lipinski definition) is 2. The maximum atomic E-state index is 12.5. The maximum absolute atomic E-state index is 12.5. The van der Waals surface area contributed by atoms with E-state index in [1.165, 1.54) is 0 Å².